The van der Waals surface area contributed by atoms with Crippen LogP contribution in [-0.2, 0) is 0 Å². The predicted molar refractivity (Wildman–Crippen MR) is 61.1 cm³/mol. The summed E-state index contributed by atoms with van der Waals surface area (Å²) >= 11 is 5.72. The third kappa shape index (κ3) is 1.81. The van der Waals surface area contributed by atoms with Crippen LogP contribution in [0.2, 0.25) is 5.02 Å². The molecule has 84 valence electrons. The number of benzene rings is 1. The monoisotopic (exact) mass is 239 g/mol. The van der Waals surface area contributed by atoms with Crippen molar-refractivity contribution in [1.82, 2.24) is 9.55 Å². The van der Waals surface area contributed by atoms with Gasteiger partial charge in [-0.2, -0.15) is 0 Å². The molecule has 0 bridgehead atoms. The second-order valence-electron chi connectivity index (χ2n) is 3.55. The maximum Gasteiger partial charge on any atom is 0.165 e. The number of rotatable bonds is 2. The second-order valence-corrected chi connectivity index (χ2v) is 3.96. The summed E-state index contributed by atoms with van der Waals surface area (Å²) in [4.78, 5) is 3.96. The van der Waals surface area contributed by atoms with E-state index >= 15 is 0 Å². The quantitative estimate of drug-likeness (QED) is 0.876. The Morgan fingerprint density at radius 2 is 2.25 bits per heavy atom. The largest absolute Gasteiger partial charge is 0.323 e. The molecule has 0 spiro atoms. The summed E-state index contributed by atoms with van der Waals surface area (Å²) < 4.78 is 15.4. The molecule has 0 amide bonds. The molecule has 0 unspecified atom stereocenters. The van der Waals surface area contributed by atoms with E-state index in [2.05, 4.69) is 4.98 Å². The summed E-state index contributed by atoms with van der Waals surface area (Å²) in [6, 6.07) is 4.60. The van der Waals surface area contributed by atoms with Gasteiger partial charge in [-0.05, 0) is 19.1 Å². The fraction of sp³-hybridized carbons (Fsp3) is 0.182. The molecule has 2 aromatic rings. The SMILES string of the molecule is C[C@@H](N)c1cncn1-c1cccc(Cl)c1F. The zero-order valence-electron chi connectivity index (χ0n) is 8.69. The lowest BCUT2D eigenvalue weighted by atomic mass is 10.2. The lowest BCUT2D eigenvalue weighted by Gasteiger charge is -2.11. The molecule has 2 N–H and O–H groups in total. The fourth-order valence-corrected chi connectivity index (χ4v) is 1.69. The third-order valence-corrected chi connectivity index (χ3v) is 2.62. The molecule has 1 aromatic carbocycles. The summed E-state index contributed by atoms with van der Waals surface area (Å²) in [7, 11) is 0. The van der Waals surface area contributed by atoms with Crippen LogP contribution >= 0.6 is 11.6 Å². The molecule has 3 nitrogen and oxygen atoms in total. The van der Waals surface area contributed by atoms with E-state index in [1.807, 2.05) is 6.92 Å². The second kappa shape index (κ2) is 4.23. The lowest BCUT2D eigenvalue weighted by Crippen LogP contribution is -2.11. The highest BCUT2D eigenvalue weighted by molar-refractivity contribution is 6.30. The van der Waals surface area contributed by atoms with Gasteiger partial charge in [-0.1, -0.05) is 17.7 Å². The first kappa shape index (κ1) is 11.1. The Hall–Kier alpha value is -1.39. The van der Waals surface area contributed by atoms with Gasteiger partial charge in [0.2, 0.25) is 0 Å². The molecule has 1 aromatic heterocycles. The average Bonchev–Trinajstić information content (AvgIpc) is 2.70. The molecule has 0 aliphatic heterocycles. The van der Waals surface area contributed by atoms with Gasteiger partial charge in [0, 0.05) is 6.04 Å². The highest BCUT2D eigenvalue weighted by Gasteiger charge is 2.13. The summed E-state index contributed by atoms with van der Waals surface area (Å²) in [5.74, 6) is -0.468. The maximum atomic E-state index is 13.8. The summed E-state index contributed by atoms with van der Waals surface area (Å²) in [6.45, 7) is 1.82. The van der Waals surface area contributed by atoms with Gasteiger partial charge in [0.25, 0.3) is 0 Å². The highest BCUT2D eigenvalue weighted by atomic mass is 35.5. The number of imidazole rings is 1. The molecule has 0 fully saturated rings. The van der Waals surface area contributed by atoms with Gasteiger partial charge in [0.15, 0.2) is 5.82 Å². The number of hydrogen-bond acceptors (Lipinski definition) is 2. The number of nitrogens with zero attached hydrogens (tertiary/aromatic N) is 2. The maximum absolute atomic E-state index is 13.8. The molecule has 5 heteroatoms. The molecule has 2 rings (SSSR count). The van der Waals surface area contributed by atoms with Gasteiger partial charge in [-0.25, -0.2) is 9.37 Å². The number of halogens is 2. The van der Waals surface area contributed by atoms with Crippen LogP contribution in [0, 0.1) is 5.82 Å². The minimum Gasteiger partial charge on any atom is -0.323 e. The van der Waals surface area contributed by atoms with Crippen molar-refractivity contribution >= 4 is 11.6 Å². The van der Waals surface area contributed by atoms with Crippen molar-refractivity contribution in [2.75, 3.05) is 0 Å². The van der Waals surface area contributed by atoms with E-state index in [1.165, 1.54) is 12.4 Å². The number of nitrogens with two attached hydrogens (primary N) is 1. The molecule has 1 heterocycles. The van der Waals surface area contributed by atoms with Gasteiger partial charge in [0.05, 0.1) is 28.9 Å². The smallest absolute Gasteiger partial charge is 0.165 e. The van der Waals surface area contributed by atoms with Gasteiger partial charge in [-0.3, -0.25) is 4.57 Å². The normalized spacial score (nSPS) is 12.8. The Morgan fingerprint density at radius 1 is 1.50 bits per heavy atom. The molecular formula is C11H11ClFN3. The summed E-state index contributed by atoms with van der Waals surface area (Å²) in [6.07, 6.45) is 3.14. The minimum atomic E-state index is -0.468. The van der Waals surface area contributed by atoms with Gasteiger partial charge in [-0.15, -0.1) is 0 Å². The molecular weight excluding hydrogens is 229 g/mol. The fourth-order valence-electron chi connectivity index (χ4n) is 1.52. The molecule has 1 atom stereocenters. The van der Waals surface area contributed by atoms with Crippen molar-refractivity contribution in [1.29, 1.82) is 0 Å². The first-order valence-electron chi connectivity index (χ1n) is 4.83. The minimum absolute atomic E-state index is 0.0850. The van der Waals surface area contributed by atoms with E-state index in [-0.39, 0.29) is 11.1 Å². The first-order chi connectivity index (χ1) is 7.61. The van der Waals surface area contributed by atoms with Crippen molar-refractivity contribution in [3.8, 4) is 5.69 Å². The van der Waals surface area contributed by atoms with E-state index in [0.29, 0.717) is 5.69 Å². The van der Waals surface area contributed by atoms with Crippen LogP contribution < -0.4 is 5.73 Å². The van der Waals surface area contributed by atoms with Crippen LogP contribution in [0.3, 0.4) is 0 Å². The van der Waals surface area contributed by atoms with E-state index in [9.17, 15) is 4.39 Å². The van der Waals surface area contributed by atoms with Crippen molar-refractivity contribution in [2.45, 2.75) is 13.0 Å². The first-order valence-corrected chi connectivity index (χ1v) is 5.21. The van der Waals surface area contributed by atoms with Crippen LogP contribution in [-0.4, -0.2) is 9.55 Å². The number of aromatic nitrogens is 2. The summed E-state index contributed by atoms with van der Waals surface area (Å²) in [5.41, 5.74) is 6.86. The lowest BCUT2D eigenvalue weighted by molar-refractivity contribution is 0.612. The predicted octanol–water partition coefficient (Wildman–Crippen LogP) is 2.68. The van der Waals surface area contributed by atoms with Gasteiger partial charge < -0.3 is 5.73 Å². The zero-order chi connectivity index (χ0) is 11.7. The Bertz CT molecular complexity index is 508. The molecule has 0 aliphatic carbocycles. The topological polar surface area (TPSA) is 43.8 Å². The molecule has 0 radical (unpaired) electrons. The van der Waals surface area contributed by atoms with Crippen LogP contribution in [0.1, 0.15) is 18.7 Å². The highest BCUT2D eigenvalue weighted by Crippen LogP contribution is 2.23. The van der Waals surface area contributed by atoms with Crippen LogP contribution in [0.5, 0.6) is 0 Å². The Balaban J connectivity index is 2.59. The van der Waals surface area contributed by atoms with E-state index < -0.39 is 5.82 Å². The van der Waals surface area contributed by atoms with Crippen molar-refractivity contribution in [3.63, 3.8) is 0 Å². The van der Waals surface area contributed by atoms with Crippen molar-refractivity contribution in [3.05, 3.63) is 47.3 Å². The van der Waals surface area contributed by atoms with Crippen LogP contribution in [0.4, 0.5) is 4.39 Å². The third-order valence-electron chi connectivity index (χ3n) is 2.32. The molecule has 0 saturated carbocycles. The van der Waals surface area contributed by atoms with E-state index in [0.717, 1.165) is 5.69 Å². The Kier molecular flexibility index (Phi) is 2.94. The standard InChI is InChI=1S/C11H11ClFN3/c1-7(14)10-5-15-6-16(10)9-4-2-3-8(12)11(9)13/h2-7H,14H2,1H3/t7-/m1/s1. The average molecular weight is 240 g/mol. The van der Waals surface area contributed by atoms with E-state index in [1.54, 1.807) is 22.9 Å². The summed E-state index contributed by atoms with van der Waals surface area (Å²) in [5, 5.41) is 0.0850. The molecule has 0 aliphatic rings. The van der Waals surface area contributed by atoms with Crippen molar-refractivity contribution < 1.29 is 4.39 Å². The molecule has 16 heavy (non-hydrogen) atoms. The van der Waals surface area contributed by atoms with Gasteiger partial charge in [0.1, 0.15) is 0 Å². The van der Waals surface area contributed by atoms with Crippen LogP contribution in [0.25, 0.3) is 5.69 Å². The number of hydrogen-bond donors (Lipinski definition) is 1. The molecule has 0 saturated heterocycles. The van der Waals surface area contributed by atoms with Crippen molar-refractivity contribution in [2.24, 2.45) is 5.73 Å². The Labute approximate surface area is 97.7 Å². The van der Waals surface area contributed by atoms with Gasteiger partial charge >= 0.3 is 0 Å². The van der Waals surface area contributed by atoms with Crippen LogP contribution in [0.15, 0.2) is 30.7 Å². The van der Waals surface area contributed by atoms with E-state index in [4.69, 9.17) is 17.3 Å². The zero-order valence-corrected chi connectivity index (χ0v) is 9.45. The Morgan fingerprint density at radius 3 is 2.94 bits per heavy atom.